The number of nitrogens with zero attached hydrogens (tertiary/aromatic N) is 1. The average Bonchev–Trinajstić information content (AvgIpc) is 2.80. The van der Waals surface area contributed by atoms with Gasteiger partial charge in [-0.15, -0.1) is 0 Å². The van der Waals surface area contributed by atoms with E-state index in [1.807, 2.05) is 31.2 Å². The Kier molecular flexibility index (Phi) is 4.45. The van der Waals surface area contributed by atoms with E-state index in [9.17, 15) is 0 Å². The molecule has 0 radical (unpaired) electrons. The zero-order valence-electron chi connectivity index (χ0n) is 12.6. The largest absolute Gasteiger partial charge is 0.487 e. The number of rotatable bonds is 5. The number of hydrogen-bond acceptors (Lipinski definition) is 4. The van der Waals surface area contributed by atoms with Crippen molar-refractivity contribution >= 4 is 0 Å². The molecule has 0 aliphatic heterocycles. The van der Waals surface area contributed by atoms with Gasteiger partial charge in [0.15, 0.2) is 0 Å². The van der Waals surface area contributed by atoms with E-state index >= 15 is 0 Å². The van der Waals surface area contributed by atoms with E-state index in [-0.39, 0.29) is 5.54 Å². The molecule has 1 aromatic heterocycles. The van der Waals surface area contributed by atoms with Crippen molar-refractivity contribution in [3.8, 4) is 5.75 Å². The number of hydrogen-bond donors (Lipinski definition) is 1. The summed E-state index contributed by atoms with van der Waals surface area (Å²) in [5, 5.41) is 7.37. The Morgan fingerprint density at radius 1 is 1.25 bits per heavy atom. The van der Waals surface area contributed by atoms with Crippen molar-refractivity contribution in [2.75, 3.05) is 0 Å². The van der Waals surface area contributed by atoms with Crippen LogP contribution in [-0.2, 0) is 13.2 Å². The first kappa shape index (κ1) is 14.6. The summed E-state index contributed by atoms with van der Waals surface area (Å²) in [6, 6.07) is 9.97. The predicted molar refractivity (Wildman–Crippen MR) is 78.6 cm³/mol. The number of nitrogens with one attached hydrogen (secondary N) is 1. The lowest BCUT2D eigenvalue weighted by Crippen LogP contribution is -2.35. The molecule has 0 saturated carbocycles. The van der Waals surface area contributed by atoms with E-state index in [0.717, 1.165) is 23.7 Å². The van der Waals surface area contributed by atoms with Gasteiger partial charge in [0.2, 0.25) is 0 Å². The maximum absolute atomic E-state index is 5.73. The minimum absolute atomic E-state index is 0.106. The third-order valence-corrected chi connectivity index (χ3v) is 2.78. The van der Waals surface area contributed by atoms with Crippen LogP contribution < -0.4 is 10.1 Å². The van der Waals surface area contributed by atoms with Gasteiger partial charge in [-0.2, -0.15) is 0 Å². The fourth-order valence-electron chi connectivity index (χ4n) is 1.76. The van der Waals surface area contributed by atoms with Crippen molar-refractivity contribution in [3.05, 3.63) is 47.3 Å². The average molecular weight is 274 g/mol. The van der Waals surface area contributed by atoms with Crippen LogP contribution in [-0.4, -0.2) is 10.7 Å². The molecular formula is C16H22N2O2. The van der Waals surface area contributed by atoms with Gasteiger partial charge >= 0.3 is 0 Å². The summed E-state index contributed by atoms with van der Waals surface area (Å²) in [6.07, 6.45) is 0. The smallest absolute Gasteiger partial charge is 0.134 e. The molecule has 1 aromatic carbocycles. The topological polar surface area (TPSA) is 47.3 Å². The van der Waals surface area contributed by atoms with Crippen LogP contribution in [0.4, 0.5) is 0 Å². The Balaban J connectivity index is 1.92. The second-order valence-corrected chi connectivity index (χ2v) is 5.97. The predicted octanol–water partition coefficient (Wildman–Crippen LogP) is 3.45. The molecule has 4 heteroatoms. The van der Waals surface area contributed by atoms with Crippen LogP contribution in [0.3, 0.4) is 0 Å². The van der Waals surface area contributed by atoms with Crippen LogP contribution in [0.25, 0.3) is 0 Å². The van der Waals surface area contributed by atoms with Crippen molar-refractivity contribution in [1.82, 2.24) is 10.5 Å². The highest BCUT2D eigenvalue weighted by Crippen LogP contribution is 2.16. The Bertz CT molecular complexity index is 556. The first-order valence-corrected chi connectivity index (χ1v) is 6.81. The highest BCUT2D eigenvalue weighted by molar-refractivity contribution is 5.28. The van der Waals surface area contributed by atoms with E-state index in [0.29, 0.717) is 6.61 Å². The lowest BCUT2D eigenvalue weighted by Gasteiger charge is -2.20. The first-order valence-electron chi connectivity index (χ1n) is 6.81. The highest BCUT2D eigenvalue weighted by Gasteiger charge is 2.08. The second-order valence-electron chi connectivity index (χ2n) is 5.97. The van der Waals surface area contributed by atoms with Gasteiger partial charge in [0.1, 0.15) is 23.8 Å². The van der Waals surface area contributed by atoms with Gasteiger partial charge in [0.05, 0.1) is 0 Å². The molecule has 0 aliphatic rings. The van der Waals surface area contributed by atoms with Gasteiger partial charge in [0, 0.05) is 18.2 Å². The number of benzene rings is 1. The molecule has 0 fully saturated rings. The molecule has 0 bridgehead atoms. The van der Waals surface area contributed by atoms with E-state index in [1.54, 1.807) is 0 Å². The molecule has 2 rings (SSSR count). The Morgan fingerprint density at radius 3 is 2.70 bits per heavy atom. The Hall–Kier alpha value is -1.81. The first-order chi connectivity index (χ1) is 9.42. The standard InChI is InChI=1S/C16H22N2O2/c1-12-8-14(18-20-12)11-19-15-7-5-6-13(9-15)10-17-16(2,3)4/h5-9,17H,10-11H2,1-4H3. The van der Waals surface area contributed by atoms with Gasteiger partial charge in [-0.3, -0.25) is 0 Å². The summed E-state index contributed by atoms with van der Waals surface area (Å²) in [5.41, 5.74) is 2.12. The van der Waals surface area contributed by atoms with E-state index in [4.69, 9.17) is 9.26 Å². The van der Waals surface area contributed by atoms with Crippen molar-refractivity contribution in [2.24, 2.45) is 0 Å². The van der Waals surface area contributed by atoms with Gasteiger partial charge < -0.3 is 14.6 Å². The molecule has 1 N–H and O–H groups in total. The van der Waals surface area contributed by atoms with Crippen molar-refractivity contribution in [3.63, 3.8) is 0 Å². The van der Waals surface area contributed by atoms with E-state index in [2.05, 4.69) is 37.3 Å². The van der Waals surface area contributed by atoms with E-state index < -0.39 is 0 Å². The molecular weight excluding hydrogens is 252 g/mol. The molecule has 1 heterocycles. The van der Waals surface area contributed by atoms with Crippen LogP contribution in [0.2, 0.25) is 0 Å². The summed E-state index contributed by atoms with van der Waals surface area (Å²) < 4.78 is 10.7. The number of aromatic nitrogens is 1. The monoisotopic (exact) mass is 274 g/mol. The molecule has 0 atom stereocenters. The zero-order valence-corrected chi connectivity index (χ0v) is 12.6. The molecule has 108 valence electrons. The molecule has 0 amide bonds. The minimum atomic E-state index is 0.106. The van der Waals surface area contributed by atoms with E-state index in [1.165, 1.54) is 5.56 Å². The summed E-state index contributed by atoms with van der Waals surface area (Å²) in [6.45, 7) is 9.58. The van der Waals surface area contributed by atoms with Gasteiger partial charge in [0.25, 0.3) is 0 Å². The van der Waals surface area contributed by atoms with Crippen LogP contribution in [0.5, 0.6) is 5.75 Å². The van der Waals surface area contributed by atoms with Crippen LogP contribution in [0.1, 0.15) is 37.8 Å². The van der Waals surface area contributed by atoms with Gasteiger partial charge in [-0.25, -0.2) is 0 Å². The van der Waals surface area contributed by atoms with Crippen LogP contribution >= 0.6 is 0 Å². The van der Waals surface area contributed by atoms with Gasteiger partial charge in [-0.05, 0) is 45.4 Å². The summed E-state index contributed by atoms with van der Waals surface area (Å²) in [7, 11) is 0. The summed E-state index contributed by atoms with van der Waals surface area (Å²) >= 11 is 0. The normalized spacial score (nSPS) is 11.6. The van der Waals surface area contributed by atoms with Crippen molar-refractivity contribution < 1.29 is 9.26 Å². The molecule has 0 saturated heterocycles. The molecule has 0 aliphatic carbocycles. The minimum Gasteiger partial charge on any atom is -0.487 e. The molecule has 0 spiro atoms. The Labute approximate surface area is 120 Å². The second kappa shape index (κ2) is 6.09. The van der Waals surface area contributed by atoms with Crippen LogP contribution in [0, 0.1) is 6.92 Å². The summed E-state index contributed by atoms with van der Waals surface area (Å²) in [5.74, 6) is 1.64. The number of ether oxygens (including phenoxy) is 1. The molecule has 4 nitrogen and oxygen atoms in total. The molecule has 2 aromatic rings. The maximum Gasteiger partial charge on any atom is 0.134 e. The molecule has 20 heavy (non-hydrogen) atoms. The lowest BCUT2D eigenvalue weighted by molar-refractivity contribution is 0.287. The quantitative estimate of drug-likeness (QED) is 0.907. The third-order valence-electron chi connectivity index (χ3n) is 2.78. The van der Waals surface area contributed by atoms with Crippen molar-refractivity contribution in [2.45, 2.75) is 46.4 Å². The fourth-order valence-corrected chi connectivity index (χ4v) is 1.76. The molecule has 0 unspecified atom stereocenters. The number of aryl methyl sites for hydroxylation is 1. The lowest BCUT2D eigenvalue weighted by atomic mass is 10.1. The Morgan fingerprint density at radius 2 is 2.05 bits per heavy atom. The highest BCUT2D eigenvalue weighted by atomic mass is 16.5. The van der Waals surface area contributed by atoms with Crippen LogP contribution in [0.15, 0.2) is 34.9 Å². The zero-order chi connectivity index (χ0) is 14.6. The third kappa shape index (κ3) is 4.70. The van der Waals surface area contributed by atoms with Crippen molar-refractivity contribution in [1.29, 1.82) is 0 Å². The summed E-state index contributed by atoms with van der Waals surface area (Å²) in [4.78, 5) is 0. The fraction of sp³-hybridized carbons (Fsp3) is 0.438. The maximum atomic E-state index is 5.73. The SMILES string of the molecule is Cc1cc(COc2cccc(CNC(C)(C)C)c2)no1. The van der Waals surface area contributed by atoms with Gasteiger partial charge in [-0.1, -0.05) is 17.3 Å².